The molecular formula is C14H10N2O4. The number of aliphatic carboxylic acids is 1. The van der Waals surface area contributed by atoms with Gasteiger partial charge in [-0.1, -0.05) is 24.3 Å². The van der Waals surface area contributed by atoms with Crippen LogP contribution >= 0.6 is 0 Å². The van der Waals surface area contributed by atoms with Crippen LogP contribution in [0.5, 0.6) is 0 Å². The molecule has 2 N–H and O–H groups in total. The summed E-state index contributed by atoms with van der Waals surface area (Å²) in [7, 11) is 0. The first-order chi connectivity index (χ1) is 9.58. The SMILES string of the molecule is O=C(O)C1=CN2C(=c3ccccc3=CN2C(=O)O)C=C1. The molecule has 2 heterocycles. The van der Waals surface area contributed by atoms with Crippen LogP contribution in [0.3, 0.4) is 0 Å². The van der Waals surface area contributed by atoms with Crippen LogP contribution in [0.2, 0.25) is 0 Å². The van der Waals surface area contributed by atoms with Crippen LogP contribution < -0.4 is 10.4 Å². The summed E-state index contributed by atoms with van der Waals surface area (Å²) in [5.74, 6) is -1.11. The molecule has 0 fully saturated rings. The first-order valence-electron chi connectivity index (χ1n) is 5.83. The first-order valence-corrected chi connectivity index (χ1v) is 5.83. The van der Waals surface area contributed by atoms with Gasteiger partial charge in [0.2, 0.25) is 0 Å². The third kappa shape index (κ3) is 1.74. The molecule has 0 saturated heterocycles. The van der Waals surface area contributed by atoms with E-state index in [2.05, 4.69) is 0 Å². The maximum atomic E-state index is 11.3. The maximum Gasteiger partial charge on any atom is 0.430 e. The molecule has 6 heteroatoms. The second-order valence-corrected chi connectivity index (χ2v) is 4.30. The van der Waals surface area contributed by atoms with Gasteiger partial charge in [0, 0.05) is 22.8 Å². The summed E-state index contributed by atoms with van der Waals surface area (Å²) >= 11 is 0. The van der Waals surface area contributed by atoms with Crippen molar-refractivity contribution in [3.8, 4) is 0 Å². The number of rotatable bonds is 1. The molecule has 0 atom stereocenters. The fourth-order valence-electron chi connectivity index (χ4n) is 2.19. The highest BCUT2D eigenvalue weighted by molar-refractivity contribution is 5.92. The Balaban J connectivity index is 2.27. The van der Waals surface area contributed by atoms with Gasteiger partial charge in [-0.05, 0) is 12.2 Å². The molecule has 2 aliphatic heterocycles. The highest BCUT2D eigenvalue weighted by Gasteiger charge is 2.26. The number of carbonyl (C=O) groups is 2. The lowest BCUT2D eigenvalue weighted by Gasteiger charge is -2.34. The van der Waals surface area contributed by atoms with Crippen molar-refractivity contribution in [2.24, 2.45) is 0 Å². The zero-order valence-corrected chi connectivity index (χ0v) is 10.2. The van der Waals surface area contributed by atoms with Crippen LogP contribution in [0.15, 0.2) is 48.2 Å². The molecule has 2 aliphatic rings. The van der Waals surface area contributed by atoms with Gasteiger partial charge >= 0.3 is 12.1 Å². The highest BCUT2D eigenvalue weighted by atomic mass is 16.4. The standard InChI is InChI=1S/C14H10N2O4/c17-13(18)10-5-6-12-11-4-2-1-3-9(11)7-16(14(19)20)15(12)8-10/h1-8H,(H,17,18)(H,19,20). The molecule has 0 unspecified atom stereocenters. The Morgan fingerprint density at radius 1 is 1.00 bits per heavy atom. The molecule has 1 aromatic carbocycles. The lowest BCUT2D eigenvalue weighted by molar-refractivity contribution is -0.132. The summed E-state index contributed by atoms with van der Waals surface area (Å²) < 4.78 is 0. The molecule has 100 valence electrons. The Bertz CT molecular complexity index is 792. The van der Waals surface area contributed by atoms with Crippen LogP contribution in [0, 0.1) is 0 Å². The topological polar surface area (TPSA) is 81.1 Å². The van der Waals surface area contributed by atoms with Gasteiger partial charge in [-0.3, -0.25) is 5.01 Å². The van der Waals surface area contributed by atoms with Crippen LogP contribution in [0.1, 0.15) is 0 Å². The third-order valence-electron chi connectivity index (χ3n) is 3.10. The highest BCUT2D eigenvalue weighted by Crippen LogP contribution is 2.21. The fraction of sp³-hybridized carbons (Fsp3) is 0. The predicted octanol–water partition coefficient (Wildman–Crippen LogP) is 0.282. The zero-order chi connectivity index (χ0) is 14.3. The van der Waals surface area contributed by atoms with Crippen molar-refractivity contribution in [2.75, 3.05) is 0 Å². The van der Waals surface area contributed by atoms with Gasteiger partial charge in [0.15, 0.2) is 0 Å². The van der Waals surface area contributed by atoms with E-state index in [1.165, 1.54) is 23.5 Å². The van der Waals surface area contributed by atoms with Crippen molar-refractivity contribution in [3.05, 3.63) is 58.6 Å². The number of carboxylic acids is 1. The minimum atomic E-state index is -1.19. The van der Waals surface area contributed by atoms with Crippen LogP contribution in [-0.2, 0) is 4.79 Å². The van der Waals surface area contributed by atoms with Gasteiger partial charge in [-0.25, -0.2) is 9.59 Å². The quantitative estimate of drug-likeness (QED) is 0.766. The normalized spacial score (nSPS) is 16.0. The van der Waals surface area contributed by atoms with Crippen LogP contribution in [0.4, 0.5) is 4.79 Å². The average molecular weight is 270 g/mol. The third-order valence-corrected chi connectivity index (χ3v) is 3.10. The minimum absolute atomic E-state index is 0.0211. The van der Waals surface area contributed by atoms with E-state index in [-0.39, 0.29) is 5.57 Å². The van der Waals surface area contributed by atoms with Crippen LogP contribution in [-0.4, -0.2) is 32.3 Å². The monoisotopic (exact) mass is 270 g/mol. The molecule has 1 aromatic rings. The predicted molar refractivity (Wildman–Crippen MR) is 70.1 cm³/mol. The van der Waals surface area contributed by atoms with Gasteiger partial charge in [-0.15, -0.1) is 0 Å². The van der Waals surface area contributed by atoms with E-state index in [9.17, 15) is 14.7 Å². The van der Waals surface area contributed by atoms with Crippen molar-refractivity contribution in [2.45, 2.75) is 0 Å². The average Bonchev–Trinajstić information content (AvgIpc) is 2.45. The van der Waals surface area contributed by atoms with E-state index in [0.29, 0.717) is 5.70 Å². The molecular weight excluding hydrogens is 260 g/mol. The first kappa shape index (κ1) is 12.0. The largest absolute Gasteiger partial charge is 0.478 e. The molecule has 6 nitrogen and oxygen atoms in total. The molecule has 0 spiro atoms. The zero-order valence-electron chi connectivity index (χ0n) is 10.2. The minimum Gasteiger partial charge on any atom is -0.478 e. The summed E-state index contributed by atoms with van der Waals surface area (Å²) in [5, 5.41) is 22.2. The van der Waals surface area contributed by atoms with E-state index in [1.54, 1.807) is 12.1 Å². The Morgan fingerprint density at radius 2 is 1.75 bits per heavy atom. The summed E-state index contributed by atoms with van der Waals surface area (Å²) in [6.07, 6.45) is 4.61. The number of benzene rings is 1. The number of hydrogen-bond donors (Lipinski definition) is 2. The maximum absolute atomic E-state index is 11.3. The number of amides is 1. The summed E-state index contributed by atoms with van der Waals surface area (Å²) in [4.78, 5) is 22.4. The molecule has 1 amide bonds. The van der Waals surface area contributed by atoms with Gasteiger partial charge in [0.25, 0.3) is 0 Å². The number of carboxylic acid groups (broad SMARTS) is 2. The van der Waals surface area contributed by atoms with E-state index in [0.717, 1.165) is 15.4 Å². The Hall–Kier alpha value is -3.02. The Labute approximate surface area is 113 Å². The van der Waals surface area contributed by atoms with Gasteiger partial charge < -0.3 is 10.2 Å². The van der Waals surface area contributed by atoms with E-state index in [4.69, 9.17) is 5.11 Å². The molecule has 0 saturated carbocycles. The van der Waals surface area contributed by atoms with Crippen molar-refractivity contribution >= 4 is 24.0 Å². The molecule has 0 aromatic heterocycles. The number of hydrazine groups is 1. The van der Waals surface area contributed by atoms with Gasteiger partial charge in [-0.2, -0.15) is 5.01 Å². The Kier molecular flexibility index (Phi) is 2.57. The van der Waals surface area contributed by atoms with E-state index < -0.39 is 12.1 Å². The number of nitrogens with zero attached hydrogens (tertiary/aromatic N) is 2. The summed E-state index contributed by atoms with van der Waals surface area (Å²) in [6.45, 7) is 0. The molecule has 20 heavy (non-hydrogen) atoms. The lowest BCUT2D eigenvalue weighted by Crippen LogP contribution is -2.48. The summed E-state index contributed by atoms with van der Waals surface area (Å²) in [6, 6.07) is 7.33. The van der Waals surface area contributed by atoms with Crippen molar-refractivity contribution in [1.29, 1.82) is 0 Å². The second kappa shape index (κ2) is 4.27. The Morgan fingerprint density at radius 3 is 2.45 bits per heavy atom. The van der Waals surface area contributed by atoms with Gasteiger partial charge in [0.1, 0.15) is 0 Å². The molecule has 0 bridgehead atoms. The van der Waals surface area contributed by atoms with Crippen LogP contribution in [0.25, 0.3) is 11.9 Å². The number of hydrogen-bond acceptors (Lipinski definition) is 3. The molecule has 0 radical (unpaired) electrons. The van der Waals surface area contributed by atoms with Gasteiger partial charge in [0.05, 0.1) is 11.3 Å². The smallest absolute Gasteiger partial charge is 0.430 e. The van der Waals surface area contributed by atoms with E-state index >= 15 is 0 Å². The summed E-state index contributed by atoms with van der Waals surface area (Å²) in [5.41, 5.74) is 0.642. The fourth-order valence-corrected chi connectivity index (χ4v) is 2.19. The molecule has 3 rings (SSSR count). The number of fused-ring (bicyclic) bond motifs is 2. The van der Waals surface area contributed by atoms with E-state index in [1.807, 2.05) is 18.2 Å². The van der Waals surface area contributed by atoms with Crippen molar-refractivity contribution < 1.29 is 19.8 Å². The molecule has 0 aliphatic carbocycles. The van der Waals surface area contributed by atoms with Crippen molar-refractivity contribution in [3.63, 3.8) is 0 Å². The second-order valence-electron chi connectivity index (χ2n) is 4.30. The van der Waals surface area contributed by atoms with Crippen molar-refractivity contribution in [1.82, 2.24) is 10.0 Å². The lowest BCUT2D eigenvalue weighted by atomic mass is 10.1.